The van der Waals surface area contributed by atoms with E-state index in [9.17, 15) is 18.0 Å². The molecule has 0 unspecified atom stereocenters. The van der Waals surface area contributed by atoms with Crippen molar-refractivity contribution in [1.29, 1.82) is 0 Å². The number of ether oxygens (including phenoxy) is 4. The van der Waals surface area contributed by atoms with Crippen molar-refractivity contribution in [2.24, 2.45) is 0 Å². The van der Waals surface area contributed by atoms with E-state index in [4.69, 9.17) is 35.7 Å². The number of benzene rings is 1. The Kier molecular flexibility index (Phi) is 9.76. The summed E-state index contributed by atoms with van der Waals surface area (Å²) in [5.41, 5.74) is -0.689. The van der Waals surface area contributed by atoms with E-state index in [1.54, 1.807) is 13.2 Å². The van der Waals surface area contributed by atoms with Crippen LogP contribution in [0.5, 0.6) is 17.4 Å². The number of halogens is 4. The highest BCUT2D eigenvalue weighted by Gasteiger charge is 2.31. The number of aliphatic carboxylic acids is 1. The van der Waals surface area contributed by atoms with E-state index >= 15 is 0 Å². The number of hydrogen-bond acceptors (Lipinski definition) is 6. The van der Waals surface area contributed by atoms with Gasteiger partial charge in [0.15, 0.2) is 0 Å². The van der Waals surface area contributed by atoms with Crippen molar-refractivity contribution in [2.45, 2.75) is 12.6 Å². The van der Waals surface area contributed by atoms with Crippen LogP contribution in [0.3, 0.4) is 0 Å². The molecule has 0 radical (unpaired) electrons. The van der Waals surface area contributed by atoms with Gasteiger partial charge in [-0.15, -0.1) is 0 Å². The van der Waals surface area contributed by atoms with Crippen LogP contribution in [0.4, 0.5) is 13.2 Å². The Hall–Kier alpha value is -2.82. The smallest absolute Gasteiger partial charge is 0.417 e. The first-order valence-corrected chi connectivity index (χ1v) is 9.73. The topological polar surface area (TPSA) is 87.1 Å². The van der Waals surface area contributed by atoms with Gasteiger partial charge in [0, 0.05) is 44.0 Å². The van der Waals surface area contributed by atoms with Crippen LogP contribution in [0.15, 0.2) is 36.5 Å². The quantitative estimate of drug-likeness (QED) is 0.338. The second-order valence-corrected chi connectivity index (χ2v) is 6.70. The first-order valence-electron chi connectivity index (χ1n) is 9.36. The molecular weight excluding hydrogens is 455 g/mol. The van der Waals surface area contributed by atoms with Crippen molar-refractivity contribution in [3.8, 4) is 17.4 Å². The van der Waals surface area contributed by atoms with Crippen molar-refractivity contribution in [1.82, 2.24) is 4.98 Å². The third-order valence-corrected chi connectivity index (χ3v) is 4.14. The normalized spacial score (nSPS) is 11.7. The van der Waals surface area contributed by atoms with Gasteiger partial charge in [0.2, 0.25) is 5.88 Å². The Labute approximate surface area is 187 Å². The molecule has 7 nitrogen and oxygen atoms in total. The highest BCUT2D eigenvalue weighted by Crippen LogP contribution is 2.36. The summed E-state index contributed by atoms with van der Waals surface area (Å²) < 4.78 is 59.9. The second-order valence-electron chi connectivity index (χ2n) is 6.29. The number of carboxylic acid groups (broad SMARTS) is 1. The van der Waals surface area contributed by atoms with Gasteiger partial charge in [-0.1, -0.05) is 11.6 Å². The number of hydrogen-bond donors (Lipinski definition) is 1. The van der Waals surface area contributed by atoms with Crippen molar-refractivity contribution in [3.05, 3.63) is 52.7 Å². The summed E-state index contributed by atoms with van der Waals surface area (Å²) in [6.07, 6.45) is -1.25. The first-order chi connectivity index (χ1) is 15.2. The van der Waals surface area contributed by atoms with Crippen LogP contribution in [0.25, 0.3) is 6.08 Å². The molecule has 0 atom stereocenters. The number of alkyl halides is 3. The van der Waals surface area contributed by atoms with E-state index in [1.165, 1.54) is 18.2 Å². The van der Waals surface area contributed by atoms with Crippen LogP contribution < -0.4 is 9.47 Å². The molecule has 1 aromatic carbocycles. The van der Waals surface area contributed by atoms with Crippen LogP contribution >= 0.6 is 11.6 Å². The Morgan fingerprint density at radius 1 is 1.19 bits per heavy atom. The minimum atomic E-state index is -4.61. The maximum Gasteiger partial charge on any atom is 0.417 e. The SMILES string of the molecule is COCCOCCCOc1ccc(C=CC(=O)O)c(Oc2ncc(C(F)(F)F)cc2Cl)c1. The minimum Gasteiger partial charge on any atom is -0.493 e. The lowest BCUT2D eigenvalue weighted by Crippen LogP contribution is -2.07. The molecule has 0 aliphatic heterocycles. The molecule has 1 N–H and O–H groups in total. The van der Waals surface area contributed by atoms with Crippen molar-refractivity contribution in [3.63, 3.8) is 0 Å². The Morgan fingerprint density at radius 3 is 2.62 bits per heavy atom. The summed E-state index contributed by atoms with van der Waals surface area (Å²) in [7, 11) is 1.58. The summed E-state index contributed by atoms with van der Waals surface area (Å²) in [4.78, 5) is 14.5. The number of pyridine rings is 1. The van der Waals surface area contributed by atoms with Gasteiger partial charge in [-0.05, 0) is 24.3 Å². The van der Waals surface area contributed by atoms with E-state index in [0.717, 1.165) is 6.08 Å². The maximum absolute atomic E-state index is 12.8. The summed E-state index contributed by atoms with van der Waals surface area (Å²) >= 11 is 5.91. The lowest BCUT2D eigenvalue weighted by atomic mass is 10.1. The van der Waals surface area contributed by atoms with Gasteiger partial charge in [-0.25, -0.2) is 9.78 Å². The molecule has 1 heterocycles. The third-order valence-electron chi connectivity index (χ3n) is 3.87. The maximum atomic E-state index is 12.8. The monoisotopic (exact) mass is 475 g/mol. The molecule has 174 valence electrons. The van der Waals surface area contributed by atoms with E-state index in [-0.39, 0.29) is 16.7 Å². The van der Waals surface area contributed by atoms with E-state index in [2.05, 4.69) is 4.98 Å². The predicted octanol–water partition coefficient (Wildman–Crippen LogP) is 5.08. The molecule has 0 amide bonds. The van der Waals surface area contributed by atoms with Crippen molar-refractivity contribution < 1.29 is 42.0 Å². The van der Waals surface area contributed by atoms with Crippen LogP contribution in [0, 0.1) is 0 Å². The zero-order valence-electron chi connectivity index (χ0n) is 17.0. The van der Waals surface area contributed by atoms with E-state index in [0.29, 0.717) is 56.4 Å². The number of aromatic nitrogens is 1. The van der Waals surface area contributed by atoms with Gasteiger partial charge in [-0.2, -0.15) is 13.2 Å². The molecule has 11 heteroatoms. The largest absolute Gasteiger partial charge is 0.493 e. The number of carboxylic acids is 1. The van der Waals surface area contributed by atoms with Gasteiger partial charge in [0.05, 0.1) is 25.4 Å². The van der Waals surface area contributed by atoms with Gasteiger partial charge in [-0.3, -0.25) is 0 Å². The molecule has 0 fully saturated rings. The Morgan fingerprint density at radius 2 is 1.97 bits per heavy atom. The number of nitrogens with zero attached hydrogens (tertiary/aromatic N) is 1. The molecular formula is C21H21ClF3NO6. The van der Waals surface area contributed by atoms with E-state index < -0.39 is 17.7 Å². The molecule has 0 aliphatic carbocycles. The van der Waals surface area contributed by atoms with Crippen LogP contribution in [0.2, 0.25) is 5.02 Å². The molecule has 0 aliphatic rings. The molecule has 0 bridgehead atoms. The molecule has 0 spiro atoms. The second kappa shape index (κ2) is 12.3. The molecule has 2 aromatic rings. The average Bonchev–Trinajstić information content (AvgIpc) is 2.73. The summed E-state index contributed by atoms with van der Waals surface area (Å²) in [6, 6.07) is 5.29. The molecule has 1 aromatic heterocycles. The lowest BCUT2D eigenvalue weighted by Gasteiger charge is -2.13. The third kappa shape index (κ3) is 8.37. The van der Waals surface area contributed by atoms with Crippen LogP contribution in [0.1, 0.15) is 17.5 Å². The van der Waals surface area contributed by atoms with E-state index in [1.807, 2.05) is 0 Å². The summed E-state index contributed by atoms with van der Waals surface area (Å²) in [6.45, 7) is 1.76. The van der Waals surface area contributed by atoms with Crippen LogP contribution in [-0.4, -0.2) is 49.6 Å². The van der Waals surface area contributed by atoms with Crippen molar-refractivity contribution in [2.75, 3.05) is 33.5 Å². The fourth-order valence-electron chi connectivity index (χ4n) is 2.35. The first kappa shape index (κ1) is 25.4. The highest BCUT2D eigenvalue weighted by molar-refractivity contribution is 6.31. The minimum absolute atomic E-state index is 0.102. The van der Waals surface area contributed by atoms with Gasteiger partial charge in [0.25, 0.3) is 0 Å². The standard InChI is InChI=1S/C21H21ClF3NO6/c1-29-9-10-30-7-2-8-31-16-5-3-14(4-6-19(27)28)18(12-16)32-20-17(22)11-15(13-26-20)21(23,24)25/h3-6,11-13H,2,7-10H2,1H3,(H,27,28). The Bertz CT molecular complexity index is 936. The summed E-state index contributed by atoms with van der Waals surface area (Å²) in [5, 5.41) is 8.52. The highest BCUT2D eigenvalue weighted by atomic mass is 35.5. The molecule has 2 rings (SSSR count). The Balaban J connectivity index is 2.15. The lowest BCUT2D eigenvalue weighted by molar-refractivity contribution is -0.138. The average molecular weight is 476 g/mol. The van der Waals surface area contributed by atoms with Crippen molar-refractivity contribution >= 4 is 23.6 Å². The van der Waals surface area contributed by atoms with Gasteiger partial charge in [0.1, 0.15) is 16.5 Å². The fourth-order valence-corrected chi connectivity index (χ4v) is 2.55. The van der Waals surface area contributed by atoms with Crippen LogP contribution in [-0.2, 0) is 20.4 Å². The van der Waals surface area contributed by atoms with Gasteiger partial charge < -0.3 is 24.1 Å². The number of carbonyl (C=O) groups is 1. The van der Waals surface area contributed by atoms with Gasteiger partial charge >= 0.3 is 12.1 Å². The molecule has 0 saturated carbocycles. The number of rotatable bonds is 12. The summed E-state index contributed by atoms with van der Waals surface area (Å²) in [5.74, 6) is -0.957. The molecule has 0 saturated heterocycles. The predicted molar refractivity (Wildman–Crippen MR) is 110 cm³/mol. The zero-order chi connectivity index (χ0) is 23.6. The molecule has 32 heavy (non-hydrogen) atoms. The zero-order valence-corrected chi connectivity index (χ0v) is 17.8. The fraction of sp³-hybridized carbons (Fsp3) is 0.333. The number of methoxy groups -OCH3 is 1.